The Labute approximate surface area is 116 Å². The van der Waals surface area contributed by atoms with E-state index in [0.717, 1.165) is 19.0 Å². The highest BCUT2D eigenvalue weighted by Gasteiger charge is 2.24. The molecule has 2 unspecified atom stereocenters. The van der Waals surface area contributed by atoms with Gasteiger partial charge in [-0.25, -0.2) is 9.97 Å². The van der Waals surface area contributed by atoms with Crippen LogP contribution in [0.3, 0.4) is 0 Å². The summed E-state index contributed by atoms with van der Waals surface area (Å²) in [4.78, 5) is 11.0. The van der Waals surface area contributed by atoms with Gasteiger partial charge in [-0.1, -0.05) is 20.8 Å². The fourth-order valence-electron chi connectivity index (χ4n) is 2.83. The van der Waals surface area contributed by atoms with E-state index >= 15 is 0 Å². The maximum Gasteiger partial charge on any atom is 0.225 e. The van der Waals surface area contributed by atoms with Gasteiger partial charge in [0.05, 0.1) is 0 Å². The zero-order chi connectivity index (χ0) is 13.7. The van der Waals surface area contributed by atoms with Gasteiger partial charge in [-0.3, -0.25) is 0 Å². The highest BCUT2D eigenvalue weighted by Crippen LogP contribution is 2.17. The fourth-order valence-corrected chi connectivity index (χ4v) is 2.83. The van der Waals surface area contributed by atoms with E-state index in [2.05, 4.69) is 41.0 Å². The van der Waals surface area contributed by atoms with Gasteiger partial charge in [-0.05, 0) is 31.2 Å². The Kier molecular flexibility index (Phi) is 5.14. The molecule has 0 amide bonds. The van der Waals surface area contributed by atoms with E-state index < -0.39 is 0 Å². The van der Waals surface area contributed by atoms with Crippen LogP contribution in [-0.4, -0.2) is 35.1 Å². The number of aromatic nitrogens is 2. The van der Waals surface area contributed by atoms with Crippen LogP contribution in [0.1, 0.15) is 40.0 Å². The van der Waals surface area contributed by atoms with Crippen molar-refractivity contribution in [3.63, 3.8) is 0 Å². The van der Waals surface area contributed by atoms with Crippen molar-refractivity contribution in [3.8, 4) is 0 Å². The van der Waals surface area contributed by atoms with Crippen molar-refractivity contribution in [1.29, 1.82) is 0 Å². The number of nitrogens with zero attached hydrogens (tertiary/aromatic N) is 3. The molecule has 4 nitrogen and oxygen atoms in total. The third-order valence-corrected chi connectivity index (χ3v) is 3.95. The Hall–Kier alpha value is -1.16. The van der Waals surface area contributed by atoms with Crippen LogP contribution in [0.15, 0.2) is 18.5 Å². The predicted molar refractivity (Wildman–Crippen MR) is 79.3 cm³/mol. The van der Waals surface area contributed by atoms with Gasteiger partial charge < -0.3 is 10.2 Å². The summed E-state index contributed by atoms with van der Waals surface area (Å²) in [7, 11) is 0. The first-order valence-corrected chi connectivity index (χ1v) is 7.48. The first-order chi connectivity index (χ1) is 9.20. The number of anilines is 1. The molecule has 0 aliphatic carbocycles. The van der Waals surface area contributed by atoms with E-state index in [-0.39, 0.29) is 0 Å². The van der Waals surface area contributed by atoms with Crippen molar-refractivity contribution in [2.24, 2.45) is 5.92 Å². The number of piperidine rings is 1. The third kappa shape index (κ3) is 3.90. The second-order valence-electron chi connectivity index (χ2n) is 5.76. The van der Waals surface area contributed by atoms with Crippen molar-refractivity contribution < 1.29 is 0 Å². The minimum Gasteiger partial charge on any atom is -0.339 e. The number of hydrogen-bond donors (Lipinski definition) is 1. The number of rotatable bonds is 5. The van der Waals surface area contributed by atoms with E-state index in [4.69, 9.17) is 0 Å². The molecule has 0 radical (unpaired) electrons. The molecule has 0 bridgehead atoms. The highest BCUT2D eigenvalue weighted by molar-refractivity contribution is 5.29. The first-order valence-electron chi connectivity index (χ1n) is 7.48. The summed E-state index contributed by atoms with van der Waals surface area (Å²) in [5.74, 6) is 1.56. The summed E-state index contributed by atoms with van der Waals surface area (Å²) >= 11 is 0. The lowest BCUT2D eigenvalue weighted by Gasteiger charge is -2.36. The van der Waals surface area contributed by atoms with Crippen molar-refractivity contribution in [2.45, 2.75) is 52.1 Å². The van der Waals surface area contributed by atoms with Gasteiger partial charge in [-0.15, -0.1) is 0 Å². The molecule has 1 aliphatic rings. The SMILES string of the molecule is CCC(NC1CCCN(c2ncccn2)C1)C(C)C. The van der Waals surface area contributed by atoms with Crippen LogP contribution in [0.2, 0.25) is 0 Å². The van der Waals surface area contributed by atoms with Crippen LogP contribution in [0.25, 0.3) is 0 Å². The quantitative estimate of drug-likeness (QED) is 0.885. The largest absolute Gasteiger partial charge is 0.339 e. The molecule has 4 heteroatoms. The summed E-state index contributed by atoms with van der Waals surface area (Å²) in [5.41, 5.74) is 0. The molecule has 1 saturated heterocycles. The zero-order valence-corrected chi connectivity index (χ0v) is 12.3. The normalized spacial score (nSPS) is 21.7. The molecular weight excluding hydrogens is 236 g/mol. The van der Waals surface area contributed by atoms with Crippen molar-refractivity contribution >= 4 is 5.95 Å². The van der Waals surface area contributed by atoms with E-state index in [9.17, 15) is 0 Å². The van der Waals surface area contributed by atoms with E-state index in [0.29, 0.717) is 18.0 Å². The Morgan fingerprint density at radius 2 is 2.11 bits per heavy atom. The molecule has 1 N–H and O–H groups in total. The average Bonchev–Trinajstić information content (AvgIpc) is 2.45. The second-order valence-corrected chi connectivity index (χ2v) is 5.76. The van der Waals surface area contributed by atoms with Crippen LogP contribution < -0.4 is 10.2 Å². The summed E-state index contributed by atoms with van der Waals surface area (Å²) in [6.07, 6.45) is 7.30. The van der Waals surface area contributed by atoms with Crippen LogP contribution in [0, 0.1) is 5.92 Å². The lowest BCUT2D eigenvalue weighted by molar-refractivity contribution is 0.314. The third-order valence-electron chi connectivity index (χ3n) is 3.95. The smallest absolute Gasteiger partial charge is 0.225 e. The average molecular weight is 262 g/mol. The molecule has 1 aliphatic heterocycles. The van der Waals surface area contributed by atoms with Gasteiger partial charge in [0.2, 0.25) is 5.95 Å². The molecule has 1 aromatic rings. The monoisotopic (exact) mass is 262 g/mol. The molecule has 1 aromatic heterocycles. The van der Waals surface area contributed by atoms with Gasteiger partial charge in [-0.2, -0.15) is 0 Å². The minimum absolute atomic E-state index is 0.560. The van der Waals surface area contributed by atoms with E-state index in [1.165, 1.54) is 19.3 Å². The summed E-state index contributed by atoms with van der Waals surface area (Å²) in [6.45, 7) is 8.94. The molecule has 0 aromatic carbocycles. The van der Waals surface area contributed by atoms with Gasteiger partial charge >= 0.3 is 0 Å². The second kappa shape index (κ2) is 6.85. The van der Waals surface area contributed by atoms with E-state index in [1.807, 2.05) is 18.5 Å². The van der Waals surface area contributed by atoms with Crippen LogP contribution in [0.4, 0.5) is 5.95 Å². The van der Waals surface area contributed by atoms with Gasteiger partial charge in [0.1, 0.15) is 0 Å². The Balaban J connectivity index is 1.94. The highest BCUT2D eigenvalue weighted by atomic mass is 15.3. The maximum absolute atomic E-state index is 4.36. The van der Waals surface area contributed by atoms with Crippen LogP contribution in [-0.2, 0) is 0 Å². The fraction of sp³-hybridized carbons (Fsp3) is 0.733. The summed E-state index contributed by atoms with van der Waals surface area (Å²) in [6, 6.07) is 3.04. The lowest BCUT2D eigenvalue weighted by atomic mass is 9.98. The van der Waals surface area contributed by atoms with E-state index in [1.54, 1.807) is 0 Å². The molecule has 1 fully saturated rings. The van der Waals surface area contributed by atoms with Crippen molar-refractivity contribution in [3.05, 3.63) is 18.5 Å². The maximum atomic E-state index is 4.36. The Bertz CT molecular complexity index is 366. The molecule has 19 heavy (non-hydrogen) atoms. The van der Waals surface area contributed by atoms with Gasteiger partial charge in [0.25, 0.3) is 0 Å². The molecule has 2 rings (SSSR count). The number of nitrogens with one attached hydrogen (secondary N) is 1. The lowest BCUT2D eigenvalue weighted by Crippen LogP contribution is -2.50. The number of hydrogen-bond acceptors (Lipinski definition) is 4. The molecule has 0 saturated carbocycles. The summed E-state index contributed by atoms with van der Waals surface area (Å²) in [5, 5.41) is 3.81. The first kappa shape index (κ1) is 14.3. The Morgan fingerprint density at radius 1 is 1.37 bits per heavy atom. The molecule has 2 atom stereocenters. The molecule has 106 valence electrons. The van der Waals surface area contributed by atoms with Gasteiger partial charge in [0.15, 0.2) is 0 Å². The zero-order valence-electron chi connectivity index (χ0n) is 12.3. The minimum atomic E-state index is 0.560. The standard InChI is InChI=1S/C15H26N4/c1-4-14(12(2)3)18-13-7-5-10-19(11-13)15-16-8-6-9-17-15/h6,8-9,12-14,18H,4-5,7,10-11H2,1-3H3. The van der Waals surface area contributed by atoms with Gasteiger partial charge in [0, 0.05) is 37.6 Å². The van der Waals surface area contributed by atoms with Crippen molar-refractivity contribution in [1.82, 2.24) is 15.3 Å². The molecule has 0 spiro atoms. The van der Waals surface area contributed by atoms with Crippen molar-refractivity contribution in [2.75, 3.05) is 18.0 Å². The van der Waals surface area contributed by atoms with Crippen LogP contribution >= 0.6 is 0 Å². The summed E-state index contributed by atoms with van der Waals surface area (Å²) < 4.78 is 0. The topological polar surface area (TPSA) is 41.0 Å². The Morgan fingerprint density at radius 3 is 2.74 bits per heavy atom. The molecule has 2 heterocycles. The molecular formula is C15H26N4. The predicted octanol–water partition coefficient (Wildman–Crippen LogP) is 2.47. The van der Waals surface area contributed by atoms with Crippen LogP contribution in [0.5, 0.6) is 0 Å².